The summed E-state index contributed by atoms with van der Waals surface area (Å²) in [5.41, 5.74) is 5.02. The van der Waals surface area contributed by atoms with E-state index in [1.54, 1.807) is 13.3 Å². The van der Waals surface area contributed by atoms with Gasteiger partial charge in [-0.15, -0.1) is 0 Å². The molecule has 0 spiro atoms. The predicted molar refractivity (Wildman–Crippen MR) is 104 cm³/mol. The molecular formula is C20H17BrN2O2. The van der Waals surface area contributed by atoms with Crippen LogP contribution in [0.5, 0.6) is 5.75 Å². The van der Waals surface area contributed by atoms with Gasteiger partial charge in [-0.25, -0.2) is 5.43 Å². The number of carbonyl (C=O) groups is 1. The fourth-order valence-corrected chi connectivity index (χ4v) is 3.22. The molecule has 1 amide bonds. The van der Waals surface area contributed by atoms with Crippen LogP contribution >= 0.6 is 15.9 Å². The molecule has 0 aliphatic carbocycles. The number of nitrogens with one attached hydrogen (secondary N) is 1. The summed E-state index contributed by atoms with van der Waals surface area (Å²) in [6, 6.07) is 17.4. The lowest BCUT2D eigenvalue weighted by molar-refractivity contribution is 0.0956. The first-order valence-electron chi connectivity index (χ1n) is 7.75. The van der Waals surface area contributed by atoms with Gasteiger partial charge in [0.25, 0.3) is 5.91 Å². The van der Waals surface area contributed by atoms with E-state index in [4.69, 9.17) is 4.74 Å². The van der Waals surface area contributed by atoms with Gasteiger partial charge in [0.1, 0.15) is 5.75 Å². The lowest BCUT2D eigenvalue weighted by atomic mass is 9.99. The highest BCUT2D eigenvalue weighted by molar-refractivity contribution is 9.10. The summed E-state index contributed by atoms with van der Waals surface area (Å²) < 4.78 is 6.02. The monoisotopic (exact) mass is 396 g/mol. The smallest absolute Gasteiger partial charge is 0.272 e. The standard InChI is InChI=1S/C20H17BrN2O2/c1-13-7-9-15-5-3-4-6-16(15)19(13)20(24)23-22-12-14-8-10-18(25-2)17(21)11-14/h3-12H,1-2H3,(H,23,24)/b22-12-. The van der Waals surface area contributed by atoms with E-state index < -0.39 is 0 Å². The Morgan fingerprint density at radius 2 is 1.96 bits per heavy atom. The molecule has 0 unspecified atom stereocenters. The van der Waals surface area contributed by atoms with Crippen LogP contribution in [0.2, 0.25) is 0 Å². The van der Waals surface area contributed by atoms with Gasteiger partial charge in [-0.3, -0.25) is 4.79 Å². The number of hydrogen-bond donors (Lipinski definition) is 1. The van der Waals surface area contributed by atoms with Crippen LogP contribution in [0, 0.1) is 6.92 Å². The van der Waals surface area contributed by atoms with Crippen LogP contribution in [0.3, 0.4) is 0 Å². The number of hydrogen-bond acceptors (Lipinski definition) is 3. The van der Waals surface area contributed by atoms with Crippen LogP contribution in [0.15, 0.2) is 64.2 Å². The van der Waals surface area contributed by atoms with Crippen molar-refractivity contribution >= 4 is 38.8 Å². The van der Waals surface area contributed by atoms with Gasteiger partial charge in [0.2, 0.25) is 0 Å². The van der Waals surface area contributed by atoms with Crippen LogP contribution in [-0.4, -0.2) is 19.2 Å². The van der Waals surface area contributed by atoms with Crippen LogP contribution in [0.1, 0.15) is 21.5 Å². The first-order valence-corrected chi connectivity index (χ1v) is 8.55. The second kappa shape index (κ2) is 7.49. The summed E-state index contributed by atoms with van der Waals surface area (Å²) in [5, 5.41) is 6.02. The third-order valence-electron chi connectivity index (χ3n) is 3.92. The van der Waals surface area contributed by atoms with Gasteiger partial charge in [0.15, 0.2) is 0 Å². The second-order valence-electron chi connectivity index (χ2n) is 5.57. The highest BCUT2D eigenvalue weighted by Crippen LogP contribution is 2.25. The minimum Gasteiger partial charge on any atom is -0.496 e. The minimum atomic E-state index is -0.224. The van der Waals surface area contributed by atoms with Crippen molar-refractivity contribution < 1.29 is 9.53 Å². The van der Waals surface area contributed by atoms with Crippen LogP contribution in [0.25, 0.3) is 10.8 Å². The predicted octanol–water partition coefficient (Wildman–Crippen LogP) is 4.68. The van der Waals surface area contributed by atoms with Crippen molar-refractivity contribution in [2.75, 3.05) is 7.11 Å². The number of ether oxygens (including phenoxy) is 1. The molecule has 0 fully saturated rings. The molecule has 3 aromatic rings. The van der Waals surface area contributed by atoms with Crippen LogP contribution in [-0.2, 0) is 0 Å². The maximum Gasteiger partial charge on any atom is 0.272 e. The largest absolute Gasteiger partial charge is 0.496 e. The van der Waals surface area contributed by atoms with E-state index in [0.29, 0.717) is 5.56 Å². The van der Waals surface area contributed by atoms with Gasteiger partial charge in [-0.05, 0) is 63.0 Å². The van der Waals surface area contributed by atoms with E-state index in [0.717, 1.165) is 32.1 Å². The molecule has 0 saturated heterocycles. The van der Waals surface area contributed by atoms with Gasteiger partial charge in [-0.2, -0.15) is 5.10 Å². The maximum absolute atomic E-state index is 12.6. The number of nitrogens with zero attached hydrogens (tertiary/aromatic N) is 1. The van der Waals surface area contributed by atoms with Gasteiger partial charge < -0.3 is 4.74 Å². The van der Waals surface area contributed by atoms with Crippen LogP contribution < -0.4 is 10.2 Å². The molecule has 5 heteroatoms. The topological polar surface area (TPSA) is 50.7 Å². The highest BCUT2D eigenvalue weighted by atomic mass is 79.9. The Hall–Kier alpha value is -2.66. The number of aryl methyl sites for hydroxylation is 1. The Bertz CT molecular complexity index is 967. The van der Waals surface area contributed by atoms with Gasteiger partial charge in [0, 0.05) is 0 Å². The zero-order chi connectivity index (χ0) is 17.8. The molecule has 0 aromatic heterocycles. The van der Waals surface area contributed by atoms with Crippen molar-refractivity contribution in [2.45, 2.75) is 6.92 Å². The lowest BCUT2D eigenvalue weighted by Gasteiger charge is -2.08. The Kier molecular flexibility index (Phi) is 5.14. The molecular weight excluding hydrogens is 380 g/mol. The first kappa shape index (κ1) is 17.2. The average Bonchev–Trinajstić information content (AvgIpc) is 2.61. The number of halogens is 1. The molecule has 0 aliphatic heterocycles. The summed E-state index contributed by atoms with van der Waals surface area (Å²) in [7, 11) is 1.61. The molecule has 0 bridgehead atoms. The van der Waals surface area contributed by atoms with Crippen molar-refractivity contribution in [3.63, 3.8) is 0 Å². The van der Waals surface area contributed by atoms with E-state index >= 15 is 0 Å². The summed E-state index contributed by atoms with van der Waals surface area (Å²) in [6.07, 6.45) is 1.60. The molecule has 0 radical (unpaired) electrons. The number of carbonyl (C=O) groups excluding carboxylic acids is 1. The fraction of sp³-hybridized carbons (Fsp3) is 0.100. The number of rotatable bonds is 4. The van der Waals surface area contributed by atoms with E-state index in [2.05, 4.69) is 26.5 Å². The lowest BCUT2D eigenvalue weighted by Crippen LogP contribution is -2.19. The molecule has 0 atom stereocenters. The summed E-state index contributed by atoms with van der Waals surface area (Å²) in [5.74, 6) is 0.519. The third kappa shape index (κ3) is 3.72. The van der Waals surface area contributed by atoms with E-state index in [-0.39, 0.29) is 5.91 Å². The first-order chi connectivity index (χ1) is 12.1. The minimum absolute atomic E-state index is 0.224. The van der Waals surface area contributed by atoms with Crippen molar-refractivity contribution in [3.05, 3.63) is 75.8 Å². The molecule has 126 valence electrons. The van der Waals surface area contributed by atoms with Crippen molar-refractivity contribution in [2.24, 2.45) is 5.10 Å². The highest BCUT2D eigenvalue weighted by Gasteiger charge is 2.12. The number of hydrazone groups is 1. The molecule has 0 heterocycles. The quantitative estimate of drug-likeness (QED) is 0.513. The maximum atomic E-state index is 12.6. The Morgan fingerprint density at radius 1 is 1.16 bits per heavy atom. The van der Waals surface area contributed by atoms with Crippen molar-refractivity contribution in [1.29, 1.82) is 0 Å². The zero-order valence-corrected chi connectivity index (χ0v) is 15.5. The number of fused-ring (bicyclic) bond motifs is 1. The zero-order valence-electron chi connectivity index (χ0n) is 13.9. The molecule has 25 heavy (non-hydrogen) atoms. The van der Waals surface area contributed by atoms with Crippen molar-refractivity contribution in [1.82, 2.24) is 5.43 Å². The third-order valence-corrected chi connectivity index (χ3v) is 4.54. The molecule has 3 aromatic carbocycles. The average molecular weight is 397 g/mol. The van der Waals surface area contributed by atoms with E-state index in [1.165, 1.54) is 0 Å². The normalized spacial score (nSPS) is 11.0. The number of methoxy groups -OCH3 is 1. The van der Waals surface area contributed by atoms with Gasteiger partial charge in [-0.1, -0.05) is 36.4 Å². The molecule has 4 nitrogen and oxygen atoms in total. The van der Waals surface area contributed by atoms with Crippen molar-refractivity contribution in [3.8, 4) is 5.75 Å². The summed E-state index contributed by atoms with van der Waals surface area (Å²) >= 11 is 3.43. The Morgan fingerprint density at radius 3 is 2.72 bits per heavy atom. The van der Waals surface area contributed by atoms with Crippen LogP contribution in [0.4, 0.5) is 0 Å². The molecule has 0 aliphatic rings. The fourth-order valence-electron chi connectivity index (χ4n) is 2.67. The molecule has 1 N–H and O–H groups in total. The Balaban J connectivity index is 1.81. The van der Waals surface area contributed by atoms with E-state index in [9.17, 15) is 4.79 Å². The van der Waals surface area contributed by atoms with Gasteiger partial charge >= 0.3 is 0 Å². The Labute approximate surface area is 154 Å². The van der Waals surface area contributed by atoms with Gasteiger partial charge in [0.05, 0.1) is 23.4 Å². The van der Waals surface area contributed by atoms with E-state index in [1.807, 2.05) is 61.5 Å². The number of benzene rings is 3. The molecule has 3 rings (SSSR count). The number of amides is 1. The second-order valence-corrected chi connectivity index (χ2v) is 6.43. The SMILES string of the molecule is COc1ccc(/C=N\NC(=O)c2c(C)ccc3ccccc23)cc1Br. The molecule has 0 saturated carbocycles. The summed E-state index contributed by atoms with van der Waals surface area (Å²) in [4.78, 5) is 12.6. The summed E-state index contributed by atoms with van der Waals surface area (Å²) in [6.45, 7) is 1.92.